The first-order valence-electron chi connectivity index (χ1n) is 6.14. The Morgan fingerprint density at radius 1 is 1.43 bits per heavy atom. The van der Waals surface area contributed by atoms with Crippen molar-refractivity contribution in [3.8, 4) is 5.75 Å². The predicted octanol–water partition coefficient (Wildman–Crippen LogP) is 1.55. The maximum atomic E-state index is 12.2. The zero-order chi connectivity index (χ0) is 16.0. The summed E-state index contributed by atoms with van der Waals surface area (Å²) in [6.07, 6.45) is -5.36. The van der Waals surface area contributed by atoms with E-state index < -0.39 is 18.8 Å². The Bertz CT molecular complexity index is 483. The zero-order valence-electron chi connectivity index (χ0n) is 11.4. The number of aliphatic hydroxyl groups is 1. The van der Waals surface area contributed by atoms with E-state index in [-0.39, 0.29) is 18.1 Å². The first kappa shape index (κ1) is 17.7. The molecule has 8 heteroatoms. The van der Waals surface area contributed by atoms with E-state index >= 15 is 0 Å². The van der Waals surface area contributed by atoms with E-state index in [0.29, 0.717) is 11.3 Å². The van der Waals surface area contributed by atoms with E-state index in [1.807, 2.05) is 0 Å². The smallest absolute Gasteiger partial charge is 0.401 e. The van der Waals surface area contributed by atoms with Gasteiger partial charge >= 0.3 is 6.18 Å². The molecule has 1 aromatic carbocycles. The average molecular weight is 322 g/mol. The van der Waals surface area contributed by atoms with E-state index in [1.54, 1.807) is 24.3 Å². The lowest BCUT2D eigenvalue weighted by molar-refractivity contribution is -0.145. The minimum atomic E-state index is -4.30. The van der Waals surface area contributed by atoms with Crippen LogP contribution < -0.4 is 10.5 Å². The molecule has 4 nitrogen and oxygen atoms in total. The van der Waals surface area contributed by atoms with Crippen LogP contribution in [0.15, 0.2) is 24.3 Å². The van der Waals surface area contributed by atoms with Crippen LogP contribution >= 0.6 is 12.2 Å². The number of hydrogen-bond acceptors (Lipinski definition) is 4. The number of hydrogen-bond donors (Lipinski definition) is 2. The molecule has 1 aromatic rings. The number of nitrogens with zero attached hydrogens (tertiary/aromatic N) is 1. The fraction of sp³-hybridized carbons (Fsp3) is 0.462. The molecule has 0 saturated carbocycles. The van der Waals surface area contributed by atoms with Crippen molar-refractivity contribution >= 4 is 17.2 Å². The Kier molecular flexibility index (Phi) is 6.38. The van der Waals surface area contributed by atoms with Crippen LogP contribution in [0.5, 0.6) is 5.75 Å². The minimum Gasteiger partial charge on any atom is -0.490 e. The number of benzene rings is 1. The highest BCUT2D eigenvalue weighted by Gasteiger charge is 2.29. The quantitative estimate of drug-likeness (QED) is 0.746. The Balaban J connectivity index is 2.50. The molecular formula is C13H17F3N2O2S. The summed E-state index contributed by atoms with van der Waals surface area (Å²) >= 11 is 4.86. The number of alkyl halides is 3. The fourth-order valence-electron chi connectivity index (χ4n) is 1.77. The van der Waals surface area contributed by atoms with Crippen LogP contribution in [0.4, 0.5) is 13.2 Å². The van der Waals surface area contributed by atoms with E-state index in [0.717, 1.165) is 4.90 Å². The molecule has 1 rings (SSSR count). The standard InChI is InChI=1S/C13H17F3N2O2S/c1-18(8-13(14,15)16)6-9(19)7-20-11-5-3-2-4-10(11)12(17)21/h2-5,9,19H,6-8H2,1H3,(H2,17,21). The van der Waals surface area contributed by atoms with Crippen LogP contribution in [0.3, 0.4) is 0 Å². The molecule has 1 atom stereocenters. The SMILES string of the molecule is CN(CC(O)COc1ccccc1C(N)=S)CC(F)(F)F. The highest BCUT2D eigenvalue weighted by Crippen LogP contribution is 2.18. The van der Waals surface area contributed by atoms with Crippen LogP contribution in [0, 0.1) is 0 Å². The summed E-state index contributed by atoms with van der Waals surface area (Å²) in [5.41, 5.74) is 6.04. The third-order valence-corrected chi connectivity index (χ3v) is 2.78. The number of halogens is 3. The fourth-order valence-corrected chi connectivity index (χ4v) is 1.93. The third-order valence-electron chi connectivity index (χ3n) is 2.56. The Hall–Kier alpha value is -1.38. The molecule has 0 bridgehead atoms. The van der Waals surface area contributed by atoms with Crippen LogP contribution in [0.25, 0.3) is 0 Å². The van der Waals surface area contributed by atoms with Crippen LogP contribution in [-0.4, -0.2) is 54.0 Å². The minimum absolute atomic E-state index is 0.147. The summed E-state index contributed by atoms with van der Waals surface area (Å²) in [5, 5.41) is 9.71. The van der Waals surface area contributed by atoms with Gasteiger partial charge in [-0.05, 0) is 19.2 Å². The highest BCUT2D eigenvalue weighted by molar-refractivity contribution is 7.80. The van der Waals surface area contributed by atoms with Crippen molar-refractivity contribution in [2.75, 3.05) is 26.7 Å². The largest absolute Gasteiger partial charge is 0.490 e. The Morgan fingerprint density at radius 3 is 2.62 bits per heavy atom. The molecule has 0 aromatic heterocycles. The van der Waals surface area contributed by atoms with Crippen LogP contribution in [0.2, 0.25) is 0 Å². The molecule has 21 heavy (non-hydrogen) atoms. The van der Waals surface area contributed by atoms with Crippen molar-refractivity contribution in [2.24, 2.45) is 5.73 Å². The molecular weight excluding hydrogens is 305 g/mol. The molecule has 0 saturated heterocycles. The molecule has 0 aliphatic heterocycles. The zero-order valence-corrected chi connectivity index (χ0v) is 12.2. The van der Waals surface area contributed by atoms with Gasteiger partial charge in [-0.3, -0.25) is 4.90 Å². The molecule has 0 fully saturated rings. The van der Waals surface area contributed by atoms with Gasteiger partial charge in [-0.2, -0.15) is 13.2 Å². The molecule has 1 unspecified atom stereocenters. The van der Waals surface area contributed by atoms with E-state index in [4.69, 9.17) is 22.7 Å². The van der Waals surface area contributed by atoms with Gasteiger partial charge in [0.1, 0.15) is 23.4 Å². The van der Waals surface area contributed by atoms with Crippen LogP contribution in [-0.2, 0) is 0 Å². The number of thiocarbonyl (C=S) groups is 1. The van der Waals surface area contributed by atoms with Gasteiger partial charge in [-0.1, -0.05) is 24.4 Å². The Labute approximate surface area is 126 Å². The van der Waals surface area contributed by atoms with Crippen molar-refractivity contribution in [1.29, 1.82) is 0 Å². The van der Waals surface area contributed by atoms with Gasteiger partial charge < -0.3 is 15.6 Å². The van der Waals surface area contributed by atoms with E-state index in [9.17, 15) is 18.3 Å². The summed E-state index contributed by atoms with van der Waals surface area (Å²) in [6, 6.07) is 6.73. The average Bonchev–Trinajstić information content (AvgIpc) is 2.34. The van der Waals surface area contributed by atoms with Crippen molar-refractivity contribution in [3.05, 3.63) is 29.8 Å². The molecule has 0 aliphatic rings. The van der Waals surface area contributed by atoms with Crippen molar-refractivity contribution in [1.82, 2.24) is 4.90 Å². The van der Waals surface area contributed by atoms with E-state index in [2.05, 4.69) is 0 Å². The van der Waals surface area contributed by atoms with Gasteiger partial charge in [0.15, 0.2) is 0 Å². The summed E-state index contributed by atoms with van der Waals surface area (Å²) in [4.78, 5) is 1.13. The van der Waals surface area contributed by atoms with Gasteiger partial charge in [0.2, 0.25) is 0 Å². The first-order valence-corrected chi connectivity index (χ1v) is 6.55. The predicted molar refractivity (Wildman–Crippen MR) is 77.4 cm³/mol. The summed E-state index contributed by atoms with van der Waals surface area (Å²) < 4.78 is 41.9. The van der Waals surface area contributed by atoms with Crippen molar-refractivity contribution in [2.45, 2.75) is 12.3 Å². The second kappa shape index (κ2) is 7.58. The second-order valence-electron chi connectivity index (χ2n) is 4.64. The maximum absolute atomic E-state index is 12.2. The van der Waals surface area contributed by atoms with Crippen molar-refractivity contribution in [3.63, 3.8) is 0 Å². The molecule has 0 heterocycles. The number of likely N-dealkylation sites (N-methyl/N-ethyl adjacent to an activating group) is 1. The molecule has 0 aliphatic carbocycles. The maximum Gasteiger partial charge on any atom is 0.401 e. The van der Waals surface area contributed by atoms with Gasteiger partial charge in [0, 0.05) is 6.54 Å². The van der Waals surface area contributed by atoms with Gasteiger partial charge in [-0.15, -0.1) is 0 Å². The summed E-state index contributed by atoms with van der Waals surface area (Å²) in [6.45, 7) is -1.40. The van der Waals surface area contributed by atoms with Gasteiger partial charge in [0.25, 0.3) is 0 Å². The lowest BCUT2D eigenvalue weighted by Gasteiger charge is -2.22. The first-order chi connectivity index (χ1) is 9.69. The summed E-state index contributed by atoms with van der Waals surface area (Å²) in [7, 11) is 1.28. The van der Waals surface area contributed by atoms with Gasteiger partial charge in [-0.25, -0.2) is 0 Å². The Morgan fingerprint density at radius 2 is 2.05 bits per heavy atom. The number of para-hydroxylation sites is 1. The number of aliphatic hydroxyl groups excluding tert-OH is 1. The van der Waals surface area contributed by atoms with E-state index in [1.165, 1.54) is 7.05 Å². The highest BCUT2D eigenvalue weighted by atomic mass is 32.1. The number of ether oxygens (including phenoxy) is 1. The lowest BCUT2D eigenvalue weighted by atomic mass is 10.2. The molecule has 0 spiro atoms. The lowest BCUT2D eigenvalue weighted by Crippen LogP contribution is -2.38. The molecule has 0 radical (unpaired) electrons. The molecule has 0 amide bonds. The number of nitrogens with two attached hydrogens (primary N) is 1. The van der Waals surface area contributed by atoms with Crippen molar-refractivity contribution < 1.29 is 23.0 Å². The van der Waals surface area contributed by atoms with Gasteiger partial charge in [0.05, 0.1) is 12.1 Å². The monoisotopic (exact) mass is 322 g/mol. The second-order valence-corrected chi connectivity index (χ2v) is 5.08. The normalized spacial score (nSPS) is 13.2. The summed E-state index contributed by atoms with van der Waals surface area (Å²) in [5.74, 6) is 0.391. The molecule has 118 valence electrons. The molecule has 3 N–H and O–H groups in total. The third kappa shape index (κ3) is 6.74. The topological polar surface area (TPSA) is 58.7 Å². The van der Waals surface area contributed by atoms with Crippen LogP contribution in [0.1, 0.15) is 5.56 Å². The number of rotatable bonds is 7.